The minimum atomic E-state index is 0.668. The average Bonchev–Trinajstić information content (AvgIpc) is 3.94. The van der Waals surface area contributed by atoms with E-state index < -0.39 is 0 Å². The number of rotatable bonds is 5. The molecular formula is C52H33N5. The Balaban J connectivity index is 1.05. The number of fused-ring (bicyclic) bond motifs is 10. The molecule has 0 unspecified atom stereocenters. The molecule has 0 atom stereocenters. The van der Waals surface area contributed by atoms with Crippen molar-refractivity contribution in [2.24, 2.45) is 0 Å². The van der Waals surface area contributed by atoms with Crippen LogP contribution in [0.4, 0.5) is 0 Å². The van der Waals surface area contributed by atoms with Gasteiger partial charge in [-0.3, -0.25) is 0 Å². The van der Waals surface area contributed by atoms with Crippen LogP contribution in [0.25, 0.3) is 100 Å². The first-order valence-electron chi connectivity index (χ1n) is 19.4. The lowest BCUT2D eigenvalue weighted by Crippen LogP contribution is -2.01. The van der Waals surface area contributed by atoms with Crippen molar-refractivity contribution in [1.29, 1.82) is 0 Å². The van der Waals surface area contributed by atoms with Crippen LogP contribution in [0.15, 0.2) is 188 Å². The molecule has 5 heteroatoms. The van der Waals surface area contributed by atoms with E-state index in [1.807, 2.05) is 36.4 Å². The van der Waals surface area contributed by atoms with Crippen molar-refractivity contribution in [3.63, 3.8) is 0 Å². The van der Waals surface area contributed by atoms with E-state index in [9.17, 15) is 0 Å². The first-order valence-corrected chi connectivity index (χ1v) is 19.4. The standard InChI is InChI=1S/C52H33N5/c1-4-15-33(16-5-1)50-53-51(34-17-6-2-7-18-34)55-52(54-50)41-24-14-23-38-43-32-37(28-27-35(43)31-44(38)41)56-46-26-13-11-22-42(46)48-47(56)30-29-40-39-21-10-12-25-45(39)57(49(40)48)36-19-8-3-9-20-36/h1-30,32H,31H2. The zero-order valence-corrected chi connectivity index (χ0v) is 30.8. The molecule has 0 saturated heterocycles. The fourth-order valence-electron chi connectivity index (χ4n) is 9.10. The third-order valence-corrected chi connectivity index (χ3v) is 11.6. The summed E-state index contributed by atoms with van der Waals surface area (Å²) in [5.41, 5.74) is 15.1. The second-order valence-corrected chi connectivity index (χ2v) is 14.8. The van der Waals surface area contributed by atoms with Gasteiger partial charge in [0.15, 0.2) is 17.5 Å². The molecule has 3 aromatic heterocycles. The number of hydrogen-bond donors (Lipinski definition) is 0. The number of nitrogens with zero attached hydrogens (tertiary/aromatic N) is 5. The number of hydrogen-bond acceptors (Lipinski definition) is 3. The Labute approximate surface area is 328 Å². The highest BCUT2D eigenvalue weighted by atomic mass is 15.0. The summed E-state index contributed by atoms with van der Waals surface area (Å²) in [6.07, 6.45) is 0.805. The molecule has 0 aliphatic heterocycles. The van der Waals surface area contributed by atoms with E-state index in [0.717, 1.165) is 34.5 Å². The lowest BCUT2D eigenvalue weighted by Gasteiger charge is -2.12. The first kappa shape index (κ1) is 31.7. The second kappa shape index (κ2) is 12.4. The van der Waals surface area contributed by atoms with E-state index in [1.165, 1.54) is 65.9 Å². The maximum absolute atomic E-state index is 5.11. The predicted molar refractivity (Wildman–Crippen MR) is 233 cm³/mol. The van der Waals surface area contributed by atoms with E-state index in [-0.39, 0.29) is 0 Å². The number of aromatic nitrogens is 5. The van der Waals surface area contributed by atoms with Crippen LogP contribution < -0.4 is 0 Å². The highest BCUT2D eigenvalue weighted by Gasteiger charge is 2.26. The molecule has 3 heterocycles. The van der Waals surface area contributed by atoms with E-state index in [2.05, 4.69) is 161 Å². The smallest absolute Gasteiger partial charge is 0.164 e. The quantitative estimate of drug-likeness (QED) is 0.177. The van der Waals surface area contributed by atoms with E-state index in [4.69, 9.17) is 15.0 Å². The third-order valence-electron chi connectivity index (χ3n) is 11.6. The molecule has 0 fully saturated rings. The highest BCUT2D eigenvalue weighted by molar-refractivity contribution is 6.26. The molecule has 0 spiro atoms. The minimum Gasteiger partial charge on any atom is -0.309 e. The molecular weight excluding hydrogens is 695 g/mol. The molecule has 1 aliphatic rings. The molecule has 8 aromatic carbocycles. The number of benzene rings is 8. The molecule has 12 rings (SSSR count). The SMILES string of the molecule is c1ccc(-c2nc(-c3ccccc3)nc(-c3cccc4c3Cc3ccc(-n5c6ccccc6c6c5ccc5c7ccccc7n(-c7ccccc7)c56)cc3-4)n2)cc1. The molecule has 0 bridgehead atoms. The monoisotopic (exact) mass is 727 g/mol. The van der Waals surface area contributed by atoms with Crippen LogP contribution in [-0.4, -0.2) is 24.1 Å². The zero-order valence-electron chi connectivity index (χ0n) is 30.8. The summed E-state index contributed by atoms with van der Waals surface area (Å²) in [6, 6.07) is 66.9. The van der Waals surface area contributed by atoms with Gasteiger partial charge in [-0.2, -0.15) is 0 Å². The summed E-state index contributed by atoms with van der Waals surface area (Å²) < 4.78 is 4.89. The lowest BCUT2D eigenvalue weighted by atomic mass is 10.0. The normalized spacial score (nSPS) is 12.1. The molecule has 0 radical (unpaired) electrons. The van der Waals surface area contributed by atoms with Gasteiger partial charge in [-0.05, 0) is 71.1 Å². The average molecular weight is 728 g/mol. The summed E-state index contributed by atoms with van der Waals surface area (Å²) in [5, 5.41) is 5.00. The second-order valence-electron chi connectivity index (χ2n) is 14.8. The van der Waals surface area contributed by atoms with Crippen molar-refractivity contribution in [1.82, 2.24) is 24.1 Å². The van der Waals surface area contributed by atoms with Crippen LogP contribution in [-0.2, 0) is 6.42 Å². The number of para-hydroxylation sites is 3. The Bertz CT molecular complexity index is 3300. The maximum Gasteiger partial charge on any atom is 0.164 e. The van der Waals surface area contributed by atoms with Crippen LogP contribution >= 0.6 is 0 Å². The molecule has 57 heavy (non-hydrogen) atoms. The Morgan fingerprint density at radius 3 is 1.68 bits per heavy atom. The Kier molecular flexibility index (Phi) is 6.92. The molecule has 0 N–H and O–H groups in total. The zero-order chi connectivity index (χ0) is 37.5. The van der Waals surface area contributed by atoms with Crippen LogP contribution in [0.2, 0.25) is 0 Å². The fraction of sp³-hybridized carbons (Fsp3) is 0.0192. The van der Waals surface area contributed by atoms with Crippen LogP contribution in [0.5, 0.6) is 0 Å². The molecule has 0 amide bonds. The van der Waals surface area contributed by atoms with E-state index in [1.54, 1.807) is 0 Å². The van der Waals surface area contributed by atoms with Gasteiger partial charge in [0.1, 0.15) is 0 Å². The Hall–Kier alpha value is -7.63. The van der Waals surface area contributed by atoms with Crippen molar-refractivity contribution in [3.8, 4) is 56.7 Å². The highest BCUT2D eigenvalue weighted by Crippen LogP contribution is 2.45. The largest absolute Gasteiger partial charge is 0.309 e. The van der Waals surface area contributed by atoms with Gasteiger partial charge in [0, 0.05) is 49.6 Å². The maximum atomic E-state index is 5.11. The van der Waals surface area contributed by atoms with Gasteiger partial charge >= 0.3 is 0 Å². The van der Waals surface area contributed by atoms with Crippen LogP contribution in [0, 0.1) is 0 Å². The van der Waals surface area contributed by atoms with Crippen molar-refractivity contribution in [2.75, 3.05) is 0 Å². The third kappa shape index (κ3) is 4.85. The van der Waals surface area contributed by atoms with Gasteiger partial charge in [-0.1, -0.05) is 146 Å². The summed E-state index contributed by atoms with van der Waals surface area (Å²) >= 11 is 0. The van der Waals surface area contributed by atoms with Gasteiger partial charge in [-0.15, -0.1) is 0 Å². The summed E-state index contributed by atoms with van der Waals surface area (Å²) in [6.45, 7) is 0. The van der Waals surface area contributed by atoms with Crippen molar-refractivity contribution in [2.45, 2.75) is 6.42 Å². The van der Waals surface area contributed by atoms with Gasteiger partial charge in [0.2, 0.25) is 0 Å². The molecule has 0 saturated carbocycles. The fourth-order valence-corrected chi connectivity index (χ4v) is 9.10. The minimum absolute atomic E-state index is 0.668. The summed E-state index contributed by atoms with van der Waals surface area (Å²) in [5.74, 6) is 2.02. The van der Waals surface area contributed by atoms with E-state index in [0.29, 0.717) is 17.5 Å². The topological polar surface area (TPSA) is 48.5 Å². The molecule has 5 nitrogen and oxygen atoms in total. The van der Waals surface area contributed by atoms with Crippen molar-refractivity contribution < 1.29 is 0 Å². The van der Waals surface area contributed by atoms with Crippen molar-refractivity contribution >= 4 is 43.6 Å². The first-order chi connectivity index (χ1) is 28.3. The van der Waals surface area contributed by atoms with Crippen LogP contribution in [0.1, 0.15) is 11.1 Å². The van der Waals surface area contributed by atoms with Crippen LogP contribution in [0.3, 0.4) is 0 Å². The predicted octanol–water partition coefficient (Wildman–Crippen LogP) is 12.6. The molecule has 1 aliphatic carbocycles. The Morgan fingerprint density at radius 2 is 0.965 bits per heavy atom. The Morgan fingerprint density at radius 1 is 0.368 bits per heavy atom. The lowest BCUT2D eigenvalue weighted by molar-refractivity contribution is 1.07. The van der Waals surface area contributed by atoms with Gasteiger partial charge < -0.3 is 9.13 Å². The molecule has 11 aromatic rings. The van der Waals surface area contributed by atoms with Crippen molar-refractivity contribution in [3.05, 3.63) is 199 Å². The molecule has 266 valence electrons. The van der Waals surface area contributed by atoms with Gasteiger partial charge in [-0.25, -0.2) is 15.0 Å². The van der Waals surface area contributed by atoms with E-state index >= 15 is 0 Å². The summed E-state index contributed by atoms with van der Waals surface area (Å²) in [4.78, 5) is 15.2. The summed E-state index contributed by atoms with van der Waals surface area (Å²) in [7, 11) is 0. The van der Waals surface area contributed by atoms with Gasteiger partial charge in [0.25, 0.3) is 0 Å². The van der Waals surface area contributed by atoms with Gasteiger partial charge in [0.05, 0.1) is 22.1 Å².